The Morgan fingerprint density at radius 2 is 2.05 bits per heavy atom. The SMILES string of the molecule is CCOC1CC(CC(O)C(CN)c2ccc(Cl)c(Cl)c2)C1. The second-order valence-corrected chi connectivity index (χ2v) is 6.55. The lowest BCUT2D eigenvalue weighted by Crippen LogP contribution is -2.36. The van der Waals surface area contributed by atoms with Crippen molar-refractivity contribution in [2.24, 2.45) is 11.7 Å². The van der Waals surface area contributed by atoms with Gasteiger partial charge in [-0.1, -0.05) is 29.3 Å². The number of rotatable bonds is 7. The van der Waals surface area contributed by atoms with Crippen LogP contribution in [-0.2, 0) is 4.74 Å². The molecule has 2 atom stereocenters. The molecule has 0 saturated heterocycles. The molecule has 0 heterocycles. The summed E-state index contributed by atoms with van der Waals surface area (Å²) in [6.07, 6.45) is 2.73. The van der Waals surface area contributed by atoms with E-state index in [0.717, 1.165) is 31.4 Å². The second-order valence-electron chi connectivity index (χ2n) is 5.73. The molecule has 0 radical (unpaired) electrons. The molecule has 0 bridgehead atoms. The van der Waals surface area contributed by atoms with Crippen molar-refractivity contribution in [2.45, 2.75) is 44.3 Å². The summed E-state index contributed by atoms with van der Waals surface area (Å²) in [5, 5.41) is 11.5. The summed E-state index contributed by atoms with van der Waals surface area (Å²) in [6, 6.07) is 5.44. The van der Waals surface area contributed by atoms with Crippen LogP contribution in [0.25, 0.3) is 0 Å². The smallest absolute Gasteiger partial charge is 0.0623 e. The van der Waals surface area contributed by atoms with Crippen molar-refractivity contribution < 1.29 is 9.84 Å². The molecular formula is C16H23Cl2NO2. The highest BCUT2D eigenvalue weighted by Gasteiger charge is 2.33. The van der Waals surface area contributed by atoms with E-state index in [1.165, 1.54) is 0 Å². The summed E-state index contributed by atoms with van der Waals surface area (Å²) >= 11 is 12.0. The molecule has 1 aromatic carbocycles. The third-order valence-corrected chi connectivity index (χ3v) is 5.00. The van der Waals surface area contributed by atoms with Crippen molar-refractivity contribution in [2.75, 3.05) is 13.2 Å². The first-order chi connectivity index (χ1) is 10.0. The van der Waals surface area contributed by atoms with Crippen molar-refractivity contribution in [3.05, 3.63) is 33.8 Å². The Morgan fingerprint density at radius 1 is 1.33 bits per heavy atom. The van der Waals surface area contributed by atoms with Crippen molar-refractivity contribution in [1.82, 2.24) is 0 Å². The molecule has 1 aliphatic carbocycles. The van der Waals surface area contributed by atoms with E-state index in [1.807, 2.05) is 13.0 Å². The summed E-state index contributed by atoms with van der Waals surface area (Å²) in [5.41, 5.74) is 6.79. The first-order valence-electron chi connectivity index (χ1n) is 7.49. The predicted octanol–water partition coefficient (Wildman–Crippen LogP) is 3.60. The van der Waals surface area contributed by atoms with Gasteiger partial charge < -0.3 is 15.6 Å². The fraction of sp³-hybridized carbons (Fsp3) is 0.625. The molecule has 3 N–H and O–H groups in total. The van der Waals surface area contributed by atoms with E-state index < -0.39 is 6.10 Å². The predicted molar refractivity (Wildman–Crippen MR) is 87.0 cm³/mol. The molecule has 0 amide bonds. The van der Waals surface area contributed by atoms with Crippen LogP contribution in [0.3, 0.4) is 0 Å². The minimum Gasteiger partial charge on any atom is -0.392 e. The standard InChI is InChI=1S/C16H23Cl2NO2/c1-2-21-12-5-10(6-12)7-16(20)13(9-19)11-3-4-14(17)15(18)8-11/h3-4,8,10,12-13,16,20H,2,5-7,9,19H2,1H3. The Morgan fingerprint density at radius 3 is 2.62 bits per heavy atom. The summed E-state index contributed by atoms with van der Waals surface area (Å²) in [6.45, 7) is 3.16. The van der Waals surface area contributed by atoms with Gasteiger partial charge in [-0.15, -0.1) is 0 Å². The van der Waals surface area contributed by atoms with Crippen LogP contribution in [0.1, 0.15) is 37.7 Å². The van der Waals surface area contributed by atoms with Gasteiger partial charge in [0.1, 0.15) is 0 Å². The Bertz CT molecular complexity index is 464. The lowest BCUT2D eigenvalue weighted by Gasteiger charge is -2.37. The molecule has 118 valence electrons. The molecular weight excluding hydrogens is 309 g/mol. The zero-order valence-corrected chi connectivity index (χ0v) is 13.8. The molecule has 1 aliphatic rings. The fourth-order valence-electron chi connectivity index (χ4n) is 3.00. The van der Waals surface area contributed by atoms with Gasteiger partial charge in [-0.05, 0) is 49.8 Å². The van der Waals surface area contributed by atoms with Crippen LogP contribution in [0.5, 0.6) is 0 Å². The van der Waals surface area contributed by atoms with E-state index in [4.69, 9.17) is 33.7 Å². The average Bonchev–Trinajstić information content (AvgIpc) is 2.41. The minimum atomic E-state index is -0.459. The Hall–Kier alpha value is -0.320. The number of benzene rings is 1. The number of halogens is 2. The average molecular weight is 332 g/mol. The van der Waals surface area contributed by atoms with Crippen LogP contribution in [0.2, 0.25) is 10.0 Å². The molecule has 2 rings (SSSR count). The zero-order chi connectivity index (χ0) is 15.4. The van der Waals surface area contributed by atoms with Crippen molar-refractivity contribution in [3.8, 4) is 0 Å². The lowest BCUT2D eigenvalue weighted by atomic mass is 9.76. The van der Waals surface area contributed by atoms with Crippen LogP contribution >= 0.6 is 23.2 Å². The van der Waals surface area contributed by atoms with Gasteiger partial charge >= 0.3 is 0 Å². The van der Waals surface area contributed by atoms with Crippen LogP contribution < -0.4 is 5.73 Å². The first kappa shape index (κ1) is 17.0. The maximum absolute atomic E-state index is 10.5. The molecule has 0 spiro atoms. The Kier molecular flexibility index (Phi) is 6.33. The molecule has 1 fully saturated rings. The maximum Gasteiger partial charge on any atom is 0.0623 e. The van der Waals surface area contributed by atoms with Crippen LogP contribution in [0.15, 0.2) is 18.2 Å². The van der Waals surface area contributed by atoms with Crippen LogP contribution in [0, 0.1) is 5.92 Å². The van der Waals surface area contributed by atoms with Gasteiger partial charge in [-0.25, -0.2) is 0 Å². The summed E-state index contributed by atoms with van der Waals surface area (Å²) in [4.78, 5) is 0. The minimum absolute atomic E-state index is 0.106. The van der Waals surface area contributed by atoms with E-state index in [-0.39, 0.29) is 5.92 Å². The first-order valence-corrected chi connectivity index (χ1v) is 8.25. The van der Waals surface area contributed by atoms with E-state index in [0.29, 0.717) is 28.6 Å². The number of ether oxygens (including phenoxy) is 1. The number of nitrogens with two attached hydrogens (primary N) is 1. The zero-order valence-electron chi connectivity index (χ0n) is 12.3. The van der Waals surface area contributed by atoms with E-state index >= 15 is 0 Å². The van der Waals surface area contributed by atoms with Gasteiger partial charge in [0.15, 0.2) is 0 Å². The summed E-state index contributed by atoms with van der Waals surface area (Å²) in [5.74, 6) is 0.416. The molecule has 1 aromatic rings. The fourth-order valence-corrected chi connectivity index (χ4v) is 3.31. The second kappa shape index (κ2) is 7.80. The third kappa shape index (κ3) is 4.33. The number of hydrogen-bond donors (Lipinski definition) is 2. The molecule has 2 unspecified atom stereocenters. The quantitative estimate of drug-likeness (QED) is 0.802. The van der Waals surface area contributed by atoms with Crippen molar-refractivity contribution in [3.63, 3.8) is 0 Å². The van der Waals surface area contributed by atoms with E-state index in [9.17, 15) is 5.11 Å². The van der Waals surface area contributed by atoms with Crippen molar-refractivity contribution >= 4 is 23.2 Å². The third-order valence-electron chi connectivity index (χ3n) is 4.26. The molecule has 0 aliphatic heterocycles. The Balaban J connectivity index is 1.92. The van der Waals surface area contributed by atoms with Gasteiger partial charge in [0.25, 0.3) is 0 Å². The maximum atomic E-state index is 10.5. The van der Waals surface area contributed by atoms with Crippen LogP contribution in [0.4, 0.5) is 0 Å². The normalized spacial score (nSPS) is 24.4. The highest BCUT2D eigenvalue weighted by molar-refractivity contribution is 6.42. The summed E-state index contributed by atoms with van der Waals surface area (Å²) < 4.78 is 5.55. The van der Waals surface area contributed by atoms with Crippen molar-refractivity contribution in [1.29, 1.82) is 0 Å². The summed E-state index contributed by atoms with van der Waals surface area (Å²) in [7, 11) is 0. The lowest BCUT2D eigenvalue weighted by molar-refractivity contribution is -0.0398. The van der Waals surface area contributed by atoms with Gasteiger partial charge in [-0.3, -0.25) is 0 Å². The molecule has 0 aromatic heterocycles. The molecule has 5 heteroatoms. The van der Waals surface area contributed by atoms with Gasteiger partial charge in [0.05, 0.1) is 22.3 Å². The molecule has 21 heavy (non-hydrogen) atoms. The van der Waals surface area contributed by atoms with Crippen LogP contribution in [-0.4, -0.2) is 30.5 Å². The molecule has 3 nitrogen and oxygen atoms in total. The topological polar surface area (TPSA) is 55.5 Å². The number of aliphatic hydroxyl groups is 1. The number of hydrogen-bond acceptors (Lipinski definition) is 3. The van der Waals surface area contributed by atoms with Gasteiger partial charge in [-0.2, -0.15) is 0 Å². The van der Waals surface area contributed by atoms with Gasteiger partial charge in [0.2, 0.25) is 0 Å². The Labute approximate surface area is 136 Å². The highest BCUT2D eigenvalue weighted by Crippen LogP contribution is 2.36. The van der Waals surface area contributed by atoms with E-state index in [1.54, 1.807) is 12.1 Å². The monoisotopic (exact) mass is 331 g/mol. The largest absolute Gasteiger partial charge is 0.392 e. The highest BCUT2D eigenvalue weighted by atomic mass is 35.5. The van der Waals surface area contributed by atoms with E-state index in [2.05, 4.69) is 0 Å². The molecule has 1 saturated carbocycles. The van der Waals surface area contributed by atoms with Gasteiger partial charge in [0, 0.05) is 19.1 Å². The number of aliphatic hydroxyl groups excluding tert-OH is 1.